The molecule has 0 unspecified atom stereocenters. The Morgan fingerprint density at radius 3 is 2.41 bits per heavy atom. The van der Waals surface area contributed by atoms with Crippen molar-refractivity contribution in [2.45, 2.75) is 26.8 Å². The molecule has 17 heavy (non-hydrogen) atoms. The summed E-state index contributed by atoms with van der Waals surface area (Å²) < 4.78 is 1.95. The Morgan fingerprint density at radius 2 is 1.88 bits per heavy atom. The lowest BCUT2D eigenvalue weighted by Gasteiger charge is -2.05. The molecule has 0 aliphatic rings. The molecular formula is C13H16ClN3. The van der Waals surface area contributed by atoms with Crippen molar-refractivity contribution in [2.24, 2.45) is 0 Å². The highest BCUT2D eigenvalue weighted by molar-refractivity contribution is 6.31. The fraction of sp³-hybridized carbons (Fsp3) is 0.308. The van der Waals surface area contributed by atoms with Crippen LogP contribution >= 0.6 is 11.6 Å². The second-order valence-corrected chi connectivity index (χ2v) is 4.58. The third-order valence-electron chi connectivity index (χ3n) is 2.89. The van der Waals surface area contributed by atoms with E-state index in [0.717, 1.165) is 35.1 Å². The highest BCUT2D eigenvalue weighted by Gasteiger charge is 2.08. The van der Waals surface area contributed by atoms with Gasteiger partial charge in [0.05, 0.1) is 16.4 Å². The van der Waals surface area contributed by atoms with E-state index in [4.69, 9.17) is 17.3 Å². The van der Waals surface area contributed by atoms with Crippen molar-refractivity contribution >= 4 is 17.3 Å². The van der Waals surface area contributed by atoms with Crippen LogP contribution in [0.1, 0.15) is 17.0 Å². The fourth-order valence-electron chi connectivity index (χ4n) is 1.81. The van der Waals surface area contributed by atoms with E-state index < -0.39 is 0 Å². The van der Waals surface area contributed by atoms with Crippen LogP contribution in [-0.4, -0.2) is 9.78 Å². The highest BCUT2D eigenvalue weighted by Crippen LogP contribution is 2.19. The molecule has 0 fully saturated rings. The molecule has 0 aliphatic heterocycles. The summed E-state index contributed by atoms with van der Waals surface area (Å²) in [5.74, 6) is 0. The summed E-state index contributed by atoms with van der Waals surface area (Å²) in [6, 6.07) is 7.93. The van der Waals surface area contributed by atoms with E-state index in [1.807, 2.05) is 42.8 Å². The van der Waals surface area contributed by atoms with Crippen molar-refractivity contribution in [2.75, 3.05) is 5.73 Å². The Bertz CT molecular complexity index is 514. The lowest BCUT2D eigenvalue weighted by molar-refractivity contribution is 0.594. The van der Waals surface area contributed by atoms with Crippen molar-refractivity contribution in [1.82, 2.24) is 9.78 Å². The van der Waals surface area contributed by atoms with Gasteiger partial charge in [-0.2, -0.15) is 5.10 Å². The molecule has 4 heteroatoms. The van der Waals surface area contributed by atoms with Gasteiger partial charge in [0.25, 0.3) is 0 Å². The summed E-state index contributed by atoms with van der Waals surface area (Å²) in [6.45, 7) is 4.75. The number of hydrogen-bond acceptors (Lipinski definition) is 2. The minimum Gasteiger partial charge on any atom is -0.399 e. The number of anilines is 1. The molecule has 0 amide bonds. The van der Waals surface area contributed by atoms with Gasteiger partial charge in [-0.3, -0.25) is 4.68 Å². The first-order chi connectivity index (χ1) is 8.08. The Kier molecular flexibility index (Phi) is 3.38. The molecule has 1 aromatic carbocycles. The lowest BCUT2D eigenvalue weighted by atomic mass is 10.1. The summed E-state index contributed by atoms with van der Waals surface area (Å²) >= 11 is 6.10. The van der Waals surface area contributed by atoms with E-state index in [0.29, 0.717) is 0 Å². The van der Waals surface area contributed by atoms with Crippen molar-refractivity contribution in [3.8, 4) is 0 Å². The fourth-order valence-corrected chi connectivity index (χ4v) is 1.95. The third-order valence-corrected chi connectivity index (χ3v) is 3.43. The largest absolute Gasteiger partial charge is 0.399 e. The van der Waals surface area contributed by atoms with Crippen molar-refractivity contribution in [1.29, 1.82) is 0 Å². The number of nitrogen functional groups attached to an aromatic ring is 1. The van der Waals surface area contributed by atoms with Gasteiger partial charge in [-0.25, -0.2) is 0 Å². The third kappa shape index (κ3) is 2.61. The zero-order valence-corrected chi connectivity index (χ0v) is 10.8. The number of rotatable bonds is 3. The standard InChI is InChI=1S/C13H16ClN3/c1-9-13(14)10(2)17(16-9)8-7-11-3-5-12(15)6-4-11/h3-6H,7-8,15H2,1-2H3. The highest BCUT2D eigenvalue weighted by atomic mass is 35.5. The van der Waals surface area contributed by atoms with Gasteiger partial charge in [0.2, 0.25) is 0 Å². The van der Waals surface area contributed by atoms with Gasteiger partial charge in [0.15, 0.2) is 0 Å². The van der Waals surface area contributed by atoms with Crippen LogP contribution in [0, 0.1) is 13.8 Å². The van der Waals surface area contributed by atoms with Crippen molar-refractivity contribution in [3.05, 3.63) is 46.2 Å². The van der Waals surface area contributed by atoms with Crippen LogP contribution in [0.15, 0.2) is 24.3 Å². The SMILES string of the molecule is Cc1nn(CCc2ccc(N)cc2)c(C)c1Cl. The van der Waals surface area contributed by atoms with Gasteiger partial charge in [0.1, 0.15) is 0 Å². The van der Waals surface area contributed by atoms with Crippen LogP contribution in [0.25, 0.3) is 0 Å². The van der Waals surface area contributed by atoms with E-state index in [2.05, 4.69) is 5.10 Å². The monoisotopic (exact) mass is 249 g/mol. The van der Waals surface area contributed by atoms with Crippen LogP contribution in [0.5, 0.6) is 0 Å². The normalized spacial score (nSPS) is 10.8. The first-order valence-corrected chi connectivity index (χ1v) is 5.99. The smallest absolute Gasteiger partial charge is 0.0844 e. The quantitative estimate of drug-likeness (QED) is 0.850. The zero-order valence-electron chi connectivity index (χ0n) is 10.1. The van der Waals surface area contributed by atoms with Crippen LogP contribution in [-0.2, 0) is 13.0 Å². The second kappa shape index (κ2) is 4.80. The maximum Gasteiger partial charge on any atom is 0.0844 e. The number of nitrogens with two attached hydrogens (primary N) is 1. The average Bonchev–Trinajstić information content (AvgIpc) is 2.56. The van der Waals surface area contributed by atoms with Gasteiger partial charge in [-0.05, 0) is 38.0 Å². The van der Waals surface area contributed by atoms with E-state index in [-0.39, 0.29) is 0 Å². The van der Waals surface area contributed by atoms with Crippen LogP contribution in [0.3, 0.4) is 0 Å². The maximum atomic E-state index is 6.10. The van der Waals surface area contributed by atoms with E-state index >= 15 is 0 Å². The number of benzene rings is 1. The number of aryl methyl sites for hydroxylation is 3. The molecule has 1 aromatic heterocycles. The Labute approximate surface area is 106 Å². The Morgan fingerprint density at radius 1 is 1.24 bits per heavy atom. The molecule has 2 rings (SSSR count). The van der Waals surface area contributed by atoms with E-state index in [1.165, 1.54) is 5.56 Å². The molecule has 0 atom stereocenters. The lowest BCUT2D eigenvalue weighted by Crippen LogP contribution is -2.05. The van der Waals surface area contributed by atoms with Gasteiger partial charge in [0, 0.05) is 12.2 Å². The van der Waals surface area contributed by atoms with Crippen LogP contribution in [0.2, 0.25) is 5.02 Å². The van der Waals surface area contributed by atoms with Gasteiger partial charge < -0.3 is 5.73 Å². The minimum absolute atomic E-state index is 0.766. The molecule has 0 saturated carbocycles. The summed E-state index contributed by atoms with van der Waals surface area (Å²) in [6.07, 6.45) is 0.929. The molecule has 2 aromatic rings. The summed E-state index contributed by atoms with van der Waals surface area (Å²) in [4.78, 5) is 0. The first-order valence-electron chi connectivity index (χ1n) is 5.62. The molecular weight excluding hydrogens is 234 g/mol. The molecule has 90 valence electrons. The van der Waals surface area contributed by atoms with Gasteiger partial charge in [-0.1, -0.05) is 23.7 Å². The summed E-state index contributed by atoms with van der Waals surface area (Å²) in [5, 5.41) is 5.17. The molecule has 0 radical (unpaired) electrons. The topological polar surface area (TPSA) is 43.8 Å². The molecule has 0 spiro atoms. The Balaban J connectivity index is 2.07. The van der Waals surface area contributed by atoms with Gasteiger partial charge in [-0.15, -0.1) is 0 Å². The molecule has 2 N–H and O–H groups in total. The van der Waals surface area contributed by atoms with Crippen LogP contribution in [0.4, 0.5) is 5.69 Å². The average molecular weight is 250 g/mol. The zero-order chi connectivity index (χ0) is 12.4. The Hall–Kier alpha value is -1.48. The molecule has 1 heterocycles. The number of hydrogen-bond donors (Lipinski definition) is 1. The second-order valence-electron chi connectivity index (χ2n) is 4.20. The minimum atomic E-state index is 0.766. The number of halogens is 1. The molecule has 3 nitrogen and oxygen atoms in total. The summed E-state index contributed by atoms with van der Waals surface area (Å²) in [5.41, 5.74) is 9.61. The maximum absolute atomic E-state index is 6.10. The van der Waals surface area contributed by atoms with Gasteiger partial charge >= 0.3 is 0 Å². The van der Waals surface area contributed by atoms with E-state index in [9.17, 15) is 0 Å². The molecule has 0 aliphatic carbocycles. The first kappa shape index (κ1) is 12.0. The van der Waals surface area contributed by atoms with Crippen molar-refractivity contribution in [3.63, 3.8) is 0 Å². The van der Waals surface area contributed by atoms with E-state index in [1.54, 1.807) is 0 Å². The number of aromatic nitrogens is 2. The predicted octanol–water partition coefficient (Wildman–Crippen LogP) is 2.98. The van der Waals surface area contributed by atoms with Crippen molar-refractivity contribution < 1.29 is 0 Å². The molecule has 0 saturated heterocycles. The molecule has 0 bridgehead atoms. The number of nitrogens with zero attached hydrogens (tertiary/aromatic N) is 2. The van der Waals surface area contributed by atoms with Crippen LogP contribution < -0.4 is 5.73 Å². The predicted molar refractivity (Wildman–Crippen MR) is 71.3 cm³/mol. The summed E-state index contributed by atoms with van der Waals surface area (Å²) in [7, 11) is 0.